The number of nitrogens with zero attached hydrogens (tertiary/aromatic N) is 3. The Morgan fingerprint density at radius 1 is 1.36 bits per heavy atom. The standard InChI is InChI=1S/C18H23N5S2/c1-4-19-17(20-10-14-6-5-13(2)9-16(14)24-3)21-11-15-12-23-7-8-25-18(23)22-15/h5-9,12H,4,10-11H2,1-3H3,(H2,19,20,21). The molecular weight excluding hydrogens is 350 g/mol. The van der Waals surface area contributed by atoms with Crippen molar-refractivity contribution in [3.63, 3.8) is 0 Å². The summed E-state index contributed by atoms with van der Waals surface area (Å²) in [6.07, 6.45) is 6.18. The first-order valence-electron chi connectivity index (χ1n) is 8.26. The Kier molecular flexibility index (Phi) is 5.99. The van der Waals surface area contributed by atoms with Crippen LogP contribution in [0.4, 0.5) is 0 Å². The van der Waals surface area contributed by atoms with Crippen molar-refractivity contribution in [2.24, 2.45) is 4.99 Å². The third-order valence-electron chi connectivity index (χ3n) is 3.77. The number of guanidine groups is 1. The van der Waals surface area contributed by atoms with Crippen LogP contribution in [0, 0.1) is 6.92 Å². The molecule has 1 aromatic carbocycles. The highest BCUT2D eigenvalue weighted by Crippen LogP contribution is 2.22. The zero-order valence-corrected chi connectivity index (χ0v) is 16.4. The maximum absolute atomic E-state index is 4.73. The number of imidazole rings is 1. The number of benzene rings is 1. The molecule has 0 aliphatic rings. The zero-order valence-electron chi connectivity index (χ0n) is 14.7. The third kappa shape index (κ3) is 4.55. The average Bonchev–Trinajstić information content (AvgIpc) is 3.19. The second-order valence-electron chi connectivity index (χ2n) is 5.69. The van der Waals surface area contributed by atoms with Gasteiger partial charge in [0.15, 0.2) is 10.9 Å². The number of nitrogens with one attached hydrogen (secondary N) is 2. The van der Waals surface area contributed by atoms with Crippen molar-refractivity contribution in [3.05, 3.63) is 52.8 Å². The Balaban J connectivity index is 1.67. The van der Waals surface area contributed by atoms with Crippen LogP contribution in [0.15, 0.2) is 45.9 Å². The van der Waals surface area contributed by atoms with Crippen LogP contribution in [-0.4, -0.2) is 28.1 Å². The lowest BCUT2D eigenvalue weighted by Crippen LogP contribution is -2.36. The molecule has 0 saturated heterocycles. The molecular formula is C18H23N5S2. The summed E-state index contributed by atoms with van der Waals surface area (Å²) in [5.41, 5.74) is 3.54. The minimum Gasteiger partial charge on any atom is -0.357 e. The molecule has 132 valence electrons. The molecule has 3 aromatic rings. The van der Waals surface area contributed by atoms with E-state index in [0.29, 0.717) is 13.1 Å². The fourth-order valence-corrected chi connectivity index (χ4v) is 3.94. The molecule has 0 aliphatic heterocycles. The summed E-state index contributed by atoms with van der Waals surface area (Å²) in [6.45, 7) is 6.33. The quantitative estimate of drug-likeness (QED) is 0.393. The predicted octanol–water partition coefficient (Wildman–Crippen LogP) is 3.68. The Bertz CT molecular complexity index is 837. The maximum atomic E-state index is 4.73. The zero-order chi connectivity index (χ0) is 17.6. The lowest BCUT2D eigenvalue weighted by molar-refractivity contribution is 0.802. The van der Waals surface area contributed by atoms with Gasteiger partial charge in [0.05, 0.1) is 18.8 Å². The summed E-state index contributed by atoms with van der Waals surface area (Å²) in [5.74, 6) is 0.812. The van der Waals surface area contributed by atoms with Crippen molar-refractivity contribution in [2.45, 2.75) is 31.8 Å². The first kappa shape index (κ1) is 17.8. The van der Waals surface area contributed by atoms with E-state index in [2.05, 4.69) is 53.9 Å². The predicted molar refractivity (Wildman–Crippen MR) is 108 cm³/mol. The van der Waals surface area contributed by atoms with Gasteiger partial charge in [-0.25, -0.2) is 9.98 Å². The van der Waals surface area contributed by atoms with Crippen molar-refractivity contribution in [1.29, 1.82) is 0 Å². The van der Waals surface area contributed by atoms with Crippen molar-refractivity contribution >= 4 is 34.0 Å². The summed E-state index contributed by atoms with van der Waals surface area (Å²) in [6, 6.07) is 6.52. The van der Waals surface area contributed by atoms with Gasteiger partial charge in [-0.05, 0) is 37.3 Å². The van der Waals surface area contributed by atoms with Gasteiger partial charge < -0.3 is 10.6 Å². The monoisotopic (exact) mass is 373 g/mol. The highest BCUT2D eigenvalue weighted by Gasteiger charge is 2.05. The molecule has 25 heavy (non-hydrogen) atoms. The van der Waals surface area contributed by atoms with Crippen LogP contribution in [0.2, 0.25) is 0 Å². The average molecular weight is 374 g/mol. The van der Waals surface area contributed by atoms with Crippen LogP contribution in [0.1, 0.15) is 23.7 Å². The Morgan fingerprint density at radius 3 is 3.00 bits per heavy atom. The van der Waals surface area contributed by atoms with E-state index in [1.165, 1.54) is 16.0 Å². The van der Waals surface area contributed by atoms with E-state index in [9.17, 15) is 0 Å². The molecule has 0 atom stereocenters. The van der Waals surface area contributed by atoms with Gasteiger partial charge in [0.25, 0.3) is 0 Å². The Hall–Kier alpha value is -1.99. The Morgan fingerprint density at radius 2 is 2.24 bits per heavy atom. The van der Waals surface area contributed by atoms with E-state index in [4.69, 9.17) is 4.99 Å². The number of hydrogen-bond acceptors (Lipinski definition) is 4. The summed E-state index contributed by atoms with van der Waals surface area (Å²) in [7, 11) is 0. The molecule has 3 rings (SSSR count). The first-order chi connectivity index (χ1) is 12.2. The number of hydrogen-bond donors (Lipinski definition) is 2. The number of thioether (sulfide) groups is 1. The molecule has 0 bridgehead atoms. The molecule has 5 nitrogen and oxygen atoms in total. The van der Waals surface area contributed by atoms with Gasteiger partial charge in [0, 0.05) is 29.2 Å². The molecule has 0 saturated carbocycles. The number of fused-ring (bicyclic) bond motifs is 1. The summed E-state index contributed by atoms with van der Waals surface area (Å²) >= 11 is 3.41. The lowest BCUT2D eigenvalue weighted by atomic mass is 10.1. The van der Waals surface area contributed by atoms with Gasteiger partial charge in [0.2, 0.25) is 0 Å². The number of rotatable bonds is 6. The van der Waals surface area contributed by atoms with E-state index in [-0.39, 0.29) is 0 Å². The van der Waals surface area contributed by atoms with Crippen molar-refractivity contribution in [1.82, 2.24) is 20.0 Å². The maximum Gasteiger partial charge on any atom is 0.193 e. The van der Waals surface area contributed by atoms with Crippen molar-refractivity contribution in [3.8, 4) is 0 Å². The minimum atomic E-state index is 0.656. The number of aryl methyl sites for hydroxylation is 1. The number of aromatic nitrogens is 2. The second-order valence-corrected chi connectivity index (χ2v) is 7.41. The first-order valence-corrected chi connectivity index (χ1v) is 10.4. The van der Waals surface area contributed by atoms with Crippen LogP contribution in [0.3, 0.4) is 0 Å². The molecule has 0 radical (unpaired) electrons. The van der Waals surface area contributed by atoms with Gasteiger partial charge in [-0.2, -0.15) is 0 Å². The molecule has 0 spiro atoms. The summed E-state index contributed by atoms with van der Waals surface area (Å²) < 4.78 is 2.04. The molecule has 2 heterocycles. The topological polar surface area (TPSA) is 53.7 Å². The number of thiazole rings is 1. The minimum absolute atomic E-state index is 0.656. The second kappa shape index (κ2) is 8.40. The van der Waals surface area contributed by atoms with Crippen LogP contribution >= 0.6 is 23.1 Å². The fourth-order valence-electron chi connectivity index (χ4n) is 2.52. The third-order valence-corrected chi connectivity index (χ3v) is 5.37. The largest absolute Gasteiger partial charge is 0.357 e. The normalized spacial score (nSPS) is 11.9. The van der Waals surface area contributed by atoms with Gasteiger partial charge >= 0.3 is 0 Å². The lowest BCUT2D eigenvalue weighted by Gasteiger charge is -2.11. The van der Waals surface area contributed by atoms with Crippen molar-refractivity contribution < 1.29 is 0 Å². The smallest absolute Gasteiger partial charge is 0.193 e. The highest BCUT2D eigenvalue weighted by atomic mass is 32.2. The highest BCUT2D eigenvalue weighted by molar-refractivity contribution is 7.98. The van der Waals surface area contributed by atoms with E-state index in [0.717, 1.165) is 23.2 Å². The molecule has 0 amide bonds. The summed E-state index contributed by atoms with van der Waals surface area (Å²) in [5, 5.41) is 8.71. The van der Waals surface area contributed by atoms with Crippen molar-refractivity contribution in [2.75, 3.05) is 12.8 Å². The molecule has 7 heteroatoms. The Labute approximate surface area is 156 Å². The van der Waals surface area contributed by atoms with Gasteiger partial charge in [-0.15, -0.1) is 23.1 Å². The van der Waals surface area contributed by atoms with Gasteiger partial charge in [0.1, 0.15) is 0 Å². The van der Waals surface area contributed by atoms with Gasteiger partial charge in [-0.3, -0.25) is 4.40 Å². The van der Waals surface area contributed by atoms with E-state index in [1.807, 2.05) is 22.2 Å². The fraction of sp³-hybridized carbons (Fsp3) is 0.333. The van der Waals surface area contributed by atoms with E-state index >= 15 is 0 Å². The molecule has 0 aliphatic carbocycles. The number of aliphatic imine (C=N–C) groups is 1. The molecule has 0 fully saturated rings. The van der Waals surface area contributed by atoms with Crippen LogP contribution in [0.25, 0.3) is 4.96 Å². The van der Waals surface area contributed by atoms with E-state index < -0.39 is 0 Å². The van der Waals surface area contributed by atoms with Crippen LogP contribution in [-0.2, 0) is 13.1 Å². The molecule has 2 aromatic heterocycles. The van der Waals surface area contributed by atoms with Gasteiger partial charge in [-0.1, -0.05) is 12.1 Å². The van der Waals surface area contributed by atoms with E-state index in [1.54, 1.807) is 23.1 Å². The SMILES string of the molecule is CCNC(=NCc1ccc(C)cc1SC)NCc1cn2ccsc2n1. The van der Waals surface area contributed by atoms with Crippen LogP contribution < -0.4 is 10.6 Å². The van der Waals surface area contributed by atoms with Crippen LogP contribution in [0.5, 0.6) is 0 Å². The summed E-state index contributed by atoms with van der Waals surface area (Å²) in [4.78, 5) is 11.6. The molecule has 0 unspecified atom stereocenters. The molecule has 2 N–H and O–H groups in total.